The Labute approximate surface area is 342 Å². The molecular weight excluding hydrogens is 719 g/mol. The van der Waals surface area contributed by atoms with Crippen molar-refractivity contribution in [3.8, 4) is 44.5 Å². The van der Waals surface area contributed by atoms with Gasteiger partial charge in [0.15, 0.2) is 0 Å². The van der Waals surface area contributed by atoms with Gasteiger partial charge in [0, 0.05) is 42.7 Å². The second-order valence-electron chi connectivity index (χ2n) is 14.8. The largest absolute Gasteiger partial charge is 0.310 e. The molecule has 1 aromatic heterocycles. The molecule has 0 N–H and O–H groups in total. The highest BCUT2D eigenvalue weighted by atomic mass is 32.1. The molecule has 0 radical (unpaired) electrons. The summed E-state index contributed by atoms with van der Waals surface area (Å²) < 4.78 is 2.62. The lowest BCUT2D eigenvalue weighted by Gasteiger charge is -2.28. The van der Waals surface area contributed by atoms with E-state index in [4.69, 9.17) is 0 Å². The molecule has 0 aliphatic rings. The van der Waals surface area contributed by atoms with Crippen molar-refractivity contribution < 1.29 is 0 Å². The van der Waals surface area contributed by atoms with Gasteiger partial charge < -0.3 is 4.90 Å². The van der Waals surface area contributed by atoms with Gasteiger partial charge in [-0.15, -0.1) is 11.3 Å². The van der Waals surface area contributed by atoms with Crippen LogP contribution in [0, 0.1) is 0 Å². The maximum absolute atomic E-state index is 2.43. The van der Waals surface area contributed by atoms with Crippen LogP contribution in [0.25, 0.3) is 86.2 Å². The van der Waals surface area contributed by atoms with Gasteiger partial charge in [-0.1, -0.05) is 188 Å². The Balaban J connectivity index is 1.06. The average Bonchev–Trinajstić information content (AvgIpc) is 3.69. The van der Waals surface area contributed by atoms with E-state index in [0.717, 1.165) is 17.1 Å². The highest BCUT2D eigenvalue weighted by Gasteiger charge is 2.20. The van der Waals surface area contributed by atoms with Crippen molar-refractivity contribution in [1.82, 2.24) is 0 Å². The minimum Gasteiger partial charge on any atom is -0.310 e. The molecule has 0 fully saturated rings. The summed E-state index contributed by atoms with van der Waals surface area (Å²) in [5.41, 5.74) is 13.1. The van der Waals surface area contributed by atoms with Crippen molar-refractivity contribution in [1.29, 1.82) is 0 Å². The lowest BCUT2D eigenvalue weighted by molar-refractivity contribution is 1.28. The maximum Gasteiger partial charge on any atom is 0.0540 e. The van der Waals surface area contributed by atoms with E-state index in [-0.39, 0.29) is 0 Å². The molecule has 1 nitrogen and oxygen atoms in total. The van der Waals surface area contributed by atoms with Gasteiger partial charge in [0.1, 0.15) is 0 Å². The summed E-state index contributed by atoms with van der Waals surface area (Å²) in [6.07, 6.45) is 0. The first-order valence-corrected chi connectivity index (χ1v) is 20.7. The van der Waals surface area contributed by atoms with E-state index < -0.39 is 0 Å². The minimum atomic E-state index is 1.10. The molecule has 0 bridgehead atoms. The molecule has 11 aromatic rings. The molecule has 0 saturated heterocycles. The van der Waals surface area contributed by atoms with Gasteiger partial charge in [0.05, 0.1) is 5.69 Å². The summed E-state index contributed by atoms with van der Waals surface area (Å²) in [6, 6.07) is 81.9. The highest BCUT2D eigenvalue weighted by molar-refractivity contribution is 7.26. The third kappa shape index (κ3) is 5.86. The number of nitrogens with zero attached hydrogens (tertiary/aromatic N) is 1. The summed E-state index contributed by atoms with van der Waals surface area (Å²) in [5.74, 6) is 0. The zero-order valence-corrected chi connectivity index (χ0v) is 32.5. The van der Waals surface area contributed by atoms with Crippen LogP contribution in [0.2, 0.25) is 0 Å². The van der Waals surface area contributed by atoms with Crippen LogP contribution in [0.5, 0.6) is 0 Å². The molecule has 0 aliphatic heterocycles. The second kappa shape index (κ2) is 14.4. The molecule has 0 amide bonds. The predicted molar refractivity (Wildman–Crippen MR) is 251 cm³/mol. The van der Waals surface area contributed by atoms with E-state index in [0.29, 0.717) is 0 Å². The van der Waals surface area contributed by atoms with Crippen LogP contribution in [0.4, 0.5) is 17.1 Å². The number of fused-ring (bicyclic) bond motifs is 5. The van der Waals surface area contributed by atoms with Crippen LogP contribution >= 0.6 is 11.3 Å². The third-order valence-corrected chi connectivity index (χ3v) is 12.7. The summed E-state index contributed by atoms with van der Waals surface area (Å²) >= 11 is 1.88. The van der Waals surface area contributed by atoms with Gasteiger partial charge >= 0.3 is 0 Å². The Morgan fingerprint density at radius 1 is 0.276 bits per heavy atom. The van der Waals surface area contributed by atoms with E-state index in [1.807, 2.05) is 11.3 Å². The molecule has 0 saturated carbocycles. The molecule has 11 rings (SSSR count). The smallest absolute Gasteiger partial charge is 0.0540 e. The van der Waals surface area contributed by atoms with Gasteiger partial charge in [0.2, 0.25) is 0 Å². The molecule has 2 heteroatoms. The normalized spacial score (nSPS) is 11.4. The van der Waals surface area contributed by atoms with Crippen LogP contribution < -0.4 is 4.90 Å². The molecule has 0 atom stereocenters. The Morgan fingerprint density at radius 2 is 0.724 bits per heavy atom. The fraction of sp³-hybridized carbons (Fsp3) is 0. The molecule has 272 valence electrons. The molecule has 58 heavy (non-hydrogen) atoms. The number of thiophene rings is 1. The molecular formula is C56H37NS. The zero-order chi connectivity index (χ0) is 38.4. The topological polar surface area (TPSA) is 3.24 Å². The molecule has 0 unspecified atom stereocenters. The fourth-order valence-corrected chi connectivity index (χ4v) is 10.0. The summed E-state index contributed by atoms with van der Waals surface area (Å²) in [5, 5.41) is 7.62. The average molecular weight is 756 g/mol. The van der Waals surface area contributed by atoms with E-state index >= 15 is 0 Å². The second-order valence-corrected chi connectivity index (χ2v) is 15.9. The zero-order valence-electron chi connectivity index (χ0n) is 31.7. The number of hydrogen-bond acceptors (Lipinski definition) is 2. The standard InChI is InChI=1S/C56H37NS/c1-3-18-44-38(14-1)16-11-24-45(44)40-30-34-42(35-31-40)57(54-28-9-7-22-50(54)52-26-13-27-53-51-23-8-10-29-55(51)58-56(52)53)43-36-32-41(33-37-43)47-20-5-6-21-48(47)49-25-12-17-39-15-2-4-19-46(39)49/h1-37H. The van der Waals surface area contributed by atoms with Crippen LogP contribution in [0.3, 0.4) is 0 Å². The van der Waals surface area contributed by atoms with E-state index in [1.165, 1.54) is 86.2 Å². The Bertz CT molecular complexity index is 3270. The first-order valence-electron chi connectivity index (χ1n) is 19.8. The van der Waals surface area contributed by atoms with Gasteiger partial charge in [-0.25, -0.2) is 0 Å². The van der Waals surface area contributed by atoms with Crippen LogP contribution in [0.15, 0.2) is 224 Å². The van der Waals surface area contributed by atoms with Gasteiger partial charge in [0.25, 0.3) is 0 Å². The number of rotatable bonds is 7. The Morgan fingerprint density at radius 3 is 1.43 bits per heavy atom. The van der Waals surface area contributed by atoms with E-state index in [2.05, 4.69) is 229 Å². The van der Waals surface area contributed by atoms with Crippen LogP contribution in [0.1, 0.15) is 0 Å². The highest BCUT2D eigenvalue weighted by Crippen LogP contribution is 2.47. The van der Waals surface area contributed by atoms with Crippen molar-refractivity contribution in [2.45, 2.75) is 0 Å². The number of benzene rings is 10. The number of anilines is 3. The maximum atomic E-state index is 2.43. The Hall–Kier alpha value is -7.26. The quantitative estimate of drug-likeness (QED) is 0.157. The van der Waals surface area contributed by atoms with Crippen molar-refractivity contribution in [2.24, 2.45) is 0 Å². The first kappa shape index (κ1) is 34.0. The molecule has 0 aliphatic carbocycles. The Kier molecular flexibility index (Phi) is 8.42. The van der Waals surface area contributed by atoms with Crippen molar-refractivity contribution in [3.63, 3.8) is 0 Å². The van der Waals surface area contributed by atoms with Crippen LogP contribution in [-0.2, 0) is 0 Å². The molecule has 0 spiro atoms. The molecule has 10 aromatic carbocycles. The van der Waals surface area contributed by atoms with E-state index in [9.17, 15) is 0 Å². The fourth-order valence-electron chi connectivity index (χ4n) is 8.77. The summed E-state index contributed by atoms with van der Waals surface area (Å²) in [6.45, 7) is 0. The van der Waals surface area contributed by atoms with Crippen molar-refractivity contribution in [3.05, 3.63) is 224 Å². The number of para-hydroxylation sites is 1. The monoisotopic (exact) mass is 755 g/mol. The first-order chi connectivity index (χ1) is 28.8. The van der Waals surface area contributed by atoms with Gasteiger partial charge in [-0.3, -0.25) is 0 Å². The van der Waals surface area contributed by atoms with Crippen LogP contribution in [-0.4, -0.2) is 0 Å². The minimum absolute atomic E-state index is 1.10. The lowest BCUT2D eigenvalue weighted by atomic mass is 9.91. The SMILES string of the molecule is c1ccc(-c2cccc3ccccc23)c(-c2ccc(N(c3ccc(-c4cccc5ccccc45)cc3)c3ccccc3-c3cccc4c3sc3ccccc34)cc2)c1. The summed E-state index contributed by atoms with van der Waals surface area (Å²) in [4.78, 5) is 2.43. The van der Waals surface area contributed by atoms with Gasteiger partial charge in [-0.05, 0) is 91.3 Å². The molecule has 1 heterocycles. The number of hydrogen-bond donors (Lipinski definition) is 0. The van der Waals surface area contributed by atoms with Gasteiger partial charge in [-0.2, -0.15) is 0 Å². The van der Waals surface area contributed by atoms with Crippen molar-refractivity contribution in [2.75, 3.05) is 4.90 Å². The predicted octanol–water partition coefficient (Wildman–Crippen LogP) is 16.5. The van der Waals surface area contributed by atoms with Crippen molar-refractivity contribution >= 4 is 70.1 Å². The lowest BCUT2D eigenvalue weighted by Crippen LogP contribution is -2.11. The van der Waals surface area contributed by atoms with E-state index in [1.54, 1.807) is 0 Å². The summed E-state index contributed by atoms with van der Waals surface area (Å²) in [7, 11) is 0. The third-order valence-electron chi connectivity index (χ3n) is 11.5.